The molecule has 1 atom stereocenters. The minimum Gasteiger partial charge on any atom is -0.314 e. The number of sulfone groups is 1. The zero-order valence-electron chi connectivity index (χ0n) is 17.1. The molecule has 1 amide bonds. The van der Waals surface area contributed by atoms with E-state index in [0.717, 1.165) is 18.2 Å². The number of carbonyl (C=O) groups excluding carboxylic acids is 1. The van der Waals surface area contributed by atoms with Crippen molar-refractivity contribution in [2.75, 3.05) is 13.1 Å². The number of dihydropyridines is 1. The van der Waals surface area contributed by atoms with Gasteiger partial charge in [0.2, 0.25) is 5.91 Å². The van der Waals surface area contributed by atoms with E-state index in [2.05, 4.69) is 4.99 Å². The largest absolute Gasteiger partial charge is 0.429 e. The number of allylic oxidation sites excluding steroid dienone is 1. The summed E-state index contributed by atoms with van der Waals surface area (Å²) >= 11 is 0. The van der Waals surface area contributed by atoms with Gasteiger partial charge in [0.25, 0.3) is 0 Å². The highest BCUT2D eigenvalue weighted by Gasteiger charge is 2.49. The second kappa shape index (κ2) is 7.89. The molecule has 0 bridgehead atoms. The van der Waals surface area contributed by atoms with Crippen molar-refractivity contribution in [1.82, 2.24) is 4.90 Å². The zero-order chi connectivity index (χ0) is 24.1. The van der Waals surface area contributed by atoms with E-state index in [1.165, 1.54) is 24.8 Å². The molecule has 1 saturated heterocycles. The first-order valence-electron chi connectivity index (χ1n) is 9.57. The Kier molecular flexibility index (Phi) is 5.99. The second-order valence-corrected chi connectivity index (χ2v) is 10.7. The minimum atomic E-state index is -4.72. The predicted octanol–water partition coefficient (Wildman–Crippen LogP) is 4.40. The van der Waals surface area contributed by atoms with Gasteiger partial charge in [0, 0.05) is 31.0 Å². The van der Waals surface area contributed by atoms with Crippen molar-refractivity contribution in [1.29, 1.82) is 0 Å². The molecule has 1 aromatic rings. The van der Waals surface area contributed by atoms with Crippen LogP contribution in [0.25, 0.3) is 0 Å². The van der Waals surface area contributed by atoms with Crippen molar-refractivity contribution in [2.45, 2.75) is 48.7 Å². The zero-order valence-corrected chi connectivity index (χ0v) is 17.9. The summed E-state index contributed by atoms with van der Waals surface area (Å²) in [6.45, 7) is 2.21. The average Bonchev–Trinajstić information content (AvgIpc) is 3.09. The SMILES string of the molecule is CC(C)(C1CC(=O)N(C2=CCC(C(F)(F)F)=NC2)C1)S(=O)(=O)c1cccc(C(F)(F)F)c1. The summed E-state index contributed by atoms with van der Waals surface area (Å²) in [5.41, 5.74) is -1.82. The maximum atomic E-state index is 13.2. The van der Waals surface area contributed by atoms with E-state index >= 15 is 0 Å². The number of benzene rings is 1. The van der Waals surface area contributed by atoms with Gasteiger partial charge in [-0.15, -0.1) is 0 Å². The van der Waals surface area contributed by atoms with Crippen LogP contribution in [0.4, 0.5) is 26.3 Å². The summed E-state index contributed by atoms with van der Waals surface area (Å²) in [7, 11) is -4.29. The third-order valence-corrected chi connectivity index (χ3v) is 8.50. The van der Waals surface area contributed by atoms with Gasteiger partial charge < -0.3 is 4.90 Å². The number of hydrogen-bond acceptors (Lipinski definition) is 4. The Balaban J connectivity index is 1.83. The van der Waals surface area contributed by atoms with Crippen molar-refractivity contribution in [3.05, 3.63) is 41.6 Å². The molecule has 0 saturated carbocycles. The number of aliphatic imine (C=N–C) groups is 1. The van der Waals surface area contributed by atoms with Gasteiger partial charge in [0.1, 0.15) is 5.71 Å². The molecular weight excluding hydrogens is 462 g/mol. The Morgan fingerprint density at radius 2 is 1.72 bits per heavy atom. The molecule has 2 aliphatic heterocycles. The number of alkyl halides is 6. The first-order chi connectivity index (χ1) is 14.5. The fraction of sp³-hybridized carbons (Fsp3) is 0.500. The molecule has 3 rings (SSSR count). The first kappa shape index (κ1) is 24.3. The Morgan fingerprint density at radius 1 is 1.06 bits per heavy atom. The highest BCUT2D eigenvalue weighted by Crippen LogP contribution is 2.40. The number of rotatable bonds is 4. The highest BCUT2D eigenvalue weighted by molar-refractivity contribution is 7.92. The van der Waals surface area contributed by atoms with Crippen LogP contribution >= 0.6 is 0 Å². The Hall–Kier alpha value is -2.37. The van der Waals surface area contributed by atoms with E-state index < -0.39 is 61.4 Å². The van der Waals surface area contributed by atoms with Crippen molar-refractivity contribution in [2.24, 2.45) is 10.9 Å². The molecular formula is C20H20F6N2O3S. The smallest absolute Gasteiger partial charge is 0.314 e. The molecule has 176 valence electrons. The lowest BCUT2D eigenvalue weighted by Gasteiger charge is -2.31. The van der Waals surface area contributed by atoms with Crippen LogP contribution in [0.15, 0.2) is 45.9 Å². The van der Waals surface area contributed by atoms with E-state index in [9.17, 15) is 39.6 Å². The lowest BCUT2D eigenvalue weighted by molar-refractivity contribution is -0.137. The Bertz CT molecular complexity index is 1090. The predicted molar refractivity (Wildman–Crippen MR) is 104 cm³/mol. The minimum absolute atomic E-state index is 0.0905. The molecule has 2 aliphatic rings. The monoisotopic (exact) mass is 482 g/mol. The maximum Gasteiger partial charge on any atom is 0.429 e. The molecule has 1 unspecified atom stereocenters. The Morgan fingerprint density at radius 3 is 2.25 bits per heavy atom. The number of carbonyl (C=O) groups is 1. The van der Waals surface area contributed by atoms with Gasteiger partial charge in [-0.3, -0.25) is 9.79 Å². The third kappa shape index (κ3) is 4.41. The molecule has 1 fully saturated rings. The van der Waals surface area contributed by atoms with Crippen molar-refractivity contribution < 1.29 is 39.6 Å². The van der Waals surface area contributed by atoms with E-state index in [0.29, 0.717) is 6.07 Å². The fourth-order valence-electron chi connectivity index (χ4n) is 3.73. The van der Waals surface area contributed by atoms with Crippen molar-refractivity contribution in [3.8, 4) is 0 Å². The fourth-order valence-corrected chi connectivity index (χ4v) is 5.48. The molecule has 1 aromatic carbocycles. The van der Waals surface area contributed by atoms with Gasteiger partial charge in [-0.25, -0.2) is 8.42 Å². The van der Waals surface area contributed by atoms with Gasteiger partial charge in [-0.05, 0) is 32.0 Å². The number of halogens is 6. The topological polar surface area (TPSA) is 66.8 Å². The van der Waals surface area contributed by atoms with Crippen molar-refractivity contribution >= 4 is 21.5 Å². The molecule has 0 aromatic heterocycles. The van der Waals surface area contributed by atoms with E-state index in [1.54, 1.807) is 0 Å². The first-order valence-corrected chi connectivity index (χ1v) is 11.1. The molecule has 0 radical (unpaired) electrons. The van der Waals surface area contributed by atoms with Gasteiger partial charge in [0.15, 0.2) is 9.84 Å². The summed E-state index contributed by atoms with van der Waals surface area (Å²) in [5.74, 6) is -1.26. The van der Waals surface area contributed by atoms with Crippen LogP contribution in [0.3, 0.4) is 0 Å². The van der Waals surface area contributed by atoms with Crippen molar-refractivity contribution in [3.63, 3.8) is 0 Å². The van der Waals surface area contributed by atoms with Crippen LogP contribution in [0.1, 0.15) is 32.3 Å². The number of likely N-dealkylation sites (tertiary alicyclic amines) is 1. The molecule has 0 aliphatic carbocycles. The molecule has 5 nitrogen and oxygen atoms in total. The van der Waals surface area contributed by atoms with Gasteiger partial charge in [-0.1, -0.05) is 12.1 Å². The van der Waals surface area contributed by atoms with Crippen LogP contribution in [-0.2, 0) is 20.8 Å². The third-order valence-electron chi connectivity index (χ3n) is 5.91. The van der Waals surface area contributed by atoms with Crippen LogP contribution in [0.5, 0.6) is 0 Å². The second-order valence-electron chi connectivity index (χ2n) is 8.20. The molecule has 0 spiro atoms. The van der Waals surface area contributed by atoms with E-state index in [-0.39, 0.29) is 25.2 Å². The maximum absolute atomic E-state index is 13.2. The van der Waals surface area contributed by atoms with E-state index in [4.69, 9.17) is 0 Å². The Labute approximate surface area is 180 Å². The summed E-state index contributed by atoms with van der Waals surface area (Å²) < 4.78 is 102. The number of hydrogen-bond donors (Lipinski definition) is 0. The lowest BCUT2D eigenvalue weighted by atomic mass is 9.94. The van der Waals surface area contributed by atoms with E-state index in [1.807, 2.05) is 0 Å². The standard InChI is InChI=1S/C20H20F6N2O3S/c1-18(2,32(30,31)15-5-3-4-12(8-15)19(21,22)23)13-9-17(29)28(11-13)14-6-7-16(27-10-14)20(24,25)26/h3-6,8,13H,7,9-11H2,1-2H3. The number of nitrogens with zero attached hydrogens (tertiary/aromatic N) is 2. The van der Waals surface area contributed by atoms with Crippen LogP contribution in [-0.4, -0.2) is 48.9 Å². The van der Waals surface area contributed by atoms with Crippen LogP contribution < -0.4 is 0 Å². The quantitative estimate of drug-likeness (QED) is 0.598. The number of amides is 1. The summed E-state index contributed by atoms with van der Waals surface area (Å²) in [5, 5.41) is 0. The van der Waals surface area contributed by atoms with Gasteiger partial charge in [-0.2, -0.15) is 26.3 Å². The molecule has 2 heterocycles. The molecule has 12 heteroatoms. The summed E-state index contributed by atoms with van der Waals surface area (Å²) in [4.78, 5) is 16.7. The molecule has 0 N–H and O–H groups in total. The van der Waals surface area contributed by atoms with Gasteiger partial charge >= 0.3 is 12.4 Å². The van der Waals surface area contributed by atoms with Crippen LogP contribution in [0, 0.1) is 5.92 Å². The normalized spacial score (nSPS) is 20.9. The highest BCUT2D eigenvalue weighted by atomic mass is 32.2. The average molecular weight is 482 g/mol. The summed E-state index contributed by atoms with van der Waals surface area (Å²) in [6.07, 6.45) is -8.76. The lowest BCUT2D eigenvalue weighted by Crippen LogP contribution is -2.41. The van der Waals surface area contributed by atoms with Gasteiger partial charge in [0.05, 0.1) is 21.8 Å². The summed E-state index contributed by atoms with van der Waals surface area (Å²) in [6, 6.07) is 3.39. The van der Waals surface area contributed by atoms with Crippen LogP contribution in [0.2, 0.25) is 0 Å². The molecule has 32 heavy (non-hydrogen) atoms.